The highest BCUT2D eigenvalue weighted by Gasteiger charge is 2.60. The minimum absolute atomic E-state index is 0.0712. The Morgan fingerprint density at radius 3 is 1.40 bits per heavy atom. The summed E-state index contributed by atoms with van der Waals surface area (Å²) in [6.07, 6.45) is -0.211. The normalized spacial score (nSPS) is 21.5. The van der Waals surface area contributed by atoms with Crippen LogP contribution in [0.5, 0.6) is 0 Å². The van der Waals surface area contributed by atoms with Crippen LogP contribution < -0.4 is 10.4 Å². The molecule has 1 aliphatic heterocycles. The molecule has 1 heterocycles. The molecule has 0 bridgehead atoms. The first kappa shape index (κ1) is 23.2. The summed E-state index contributed by atoms with van der Waals surface area (Å²) in [5, 5.41) is 2.82. The maximum absolute atomic E-state index is 7.28. The first-order valence-corrected chi connectivity index (χ1v) is 13.3. The Kier molecular flexibility index (Phi) is 6.14. The Bertz CT molecular complexity index is 848. The van der Waals surface area contributed by atoms with Gasteiger partial charge in [0.2, 0.25) is 0 Å². The SMILES string of the molecule is Cc1cc(C)c([Si]2(c3c(C)cc(C)cc3C)OC(C(C)(C)C)OC2C(C)C)c(C)c1. The maximum Gasteiger partial charge on any atom is 0.288 e. The fraction of sp³-hybridized carbons (Fsp3) is 0.556. The van der Waals surface area contributed by atoms with Crippen LogP contribution in [-0.4, -0.2) is 20.3 Å². The predicted molar refractivity (Wildman–Crippen MR) is 130 cm³/mol. The van der Waals surface area contributed by atoms with Gasteiger partial charge in [0.1, 0.15) is 0 Å². The molecule has 2 atom stereocenters. The lowest BCUT2D eigenvalue weighted by molar-refractivity contribution is -0.121. The predicted octanol–water partition coefficient (Wildman–Crippen LogP) is 5.58. The summed E-state index contributed by atoms with van der Waals surface area (Å²) in [5.41, 5.74) is 7.95. The van der Waals surface area contributed by atoms with Gasteiger partial charge < -0.3 is 9.16 Å². The summed E-state index contributed by atoms with van der Waals surface area (Å²) >= 11 is 0. The van der Waals surface area contributed by atoms with Crippen LogP contribution >= 0.6 is 0 Å². The van der Waals surface area contributed by atoms with Gasteiger partial charge in [0.05, 0.1) is 5.73 Å². The number of rotatable bonds is 3. The van der Waals surface area contributed by atoms with Crippen LogP contribution in [0.3, 0.4) is 0 Å². The molecule has 2 aromatic rings. The van der Waals surface area contributed by atoms with E-state index in [1.54, 1.807) is 0 Å². The lowest BCUT2D eigenvalue weighted by Gasteiger charge is -2.38. The molecular formula is C27H40O2Si. The van der Waals surface area contributed by atoms with Crippen molar-refractivity contribution in [2.75, 3.05) is 0 Å². The fourth-order valence-electron chi connectivity index (χ4n) is 5.56. The second kappa shape index (κ2) is 7.92. The van der Waals surface area contributed by atoms with Crippen LogP contribution in [0.25, 0.3) is 0 Å². The topological polar surface area (TPSA) is 18.5 Å². The van der Waals surface area contributed by atoms with E-state index in [0.717, 1.165) is 0 Å². The van der Waals surface area contributed by atoms with Gasteiger partial charge in [-0.1, -0.05) is 70.0 Å². The second-order valence-electron chi connectivity index (χ2n) is 10.9. The molecule has 2 aromatic carbocycles. The van der Waals surface area contributed by atoms with Gasteiger partial charge in [-0.3, -0.25) is 0 Å². The molecule has 0 saturated carbocycles. The lowest BCUT2D eigenvalue weighted by Crippen LogP contribution is -2.70. The third-order valence-electron chi connectivity index (χ3n) is 6.37. The minimum atomic E-state index is -2.70. The van der Waals surface area contributed by atoms with E-state index in [1.807, 2.05) is 0 Å². The highest BCUT2D eigenvalue weighted by Crippen LogP contribution is 2.40. The van der Waals surface area contributed by atoms with Gasteiger partial charge >= 0.3 is 0 Å². The van der Waals surface area contributed by atoms with Crippen molar-refractivity contribution in [3.63, 3.8) is 0 Å². The molecule has 0 spiro atoms. The van der Waals surface area contributed by atoms with Crippen molar-refractivity contribution < 1.29 is 9.16 Å². The van der Waals surface area contributed by atoms with Gasteiger partial charge in [0.15, 0.2) is 6.29 Å². The quantitative estimate of drug-likeness (QED) is 0.599. The van der Waals surface area contributed by atoms with E-state index < -0.39 is 8.32 Å². The average molecular weight is 425 g/mol. The first-order chi connectivity index (χ1) is 13.8. The summed E-state index contributed by atoms with van der Waals surface area (Å²) in [5.74, 6) is 0.365. The first-order valence-electron chi connectivity index (χ1n) is 11.3. The molecule has 0 aromatic heterocycles. The standard InChI is InChI=1S/C27H40O2Si/c1-16(2)25-28-26(27(9,10)11)29-30(25,23-19(5)12-17(3)13-20(23)6)24-21(7)14-18(4)15-22(24)8/h12-16,25-26H,1-11H3. The van der Waals surface area contributed by atoms with Crippen LogP contribution in [-0.2, 0) is 9.16 Å². The van der Waals surface area contributed by atoms with Crippen molar-refractivity contribution in [3.05, 3.63) is 57.6 Å². The van der Waals surface area contributed by atoms with Gasteiger partial charge in [-0.25, -0.2) is 0 Å². The Morgan fingerprint density at radius 2 is 1.10 bits per heavy atom. The van der Waals surface area contributed by atoms with Crippen molar-refractivity contribution in [3.8, 4) is 0 Å². The Morgan fingerprint density at radius 1 is 0.733 bits per heavy atom. The van der Waals surface area contributed by atoms with Gasteiger partial charge in [-0.05, 0) is 80.1 Å². The Labute approximate surface area is 185 Å². The zero-order valence-corrected chi connectivity index (χ0v) is 21.9. The lowest BCUT2D eigenvalue weighted by atomic mass is 9.96. The second-order valence-corrected chi connectivity index (χ2v) is 14.2. The van der Waals surface area contributed by atoms with E-state index in [-0.39, 0.29) is 17.4 Å². The largest absolute Gasteiger partial charge is 0.380 e. The molecule has 1 fully saturated rings. The van der Waals surface area contributed by atoms with Gasteiger partial charge in [0.25, 0.3) is 8.32 Å². The molecule has 1 saturated heterocycles. The molecule has 2 unspecified atom stereocenters. The van der Waals surface area contributed by atoms with Crippen molar-refractivity contribution in [2.45, 2.75) is 88.2 Å². The van der Waals surface area contributed by atoms with Crippen molar-refractivity contribution in [1.29, 1.82) is 0 Å². The molecule has 164 valence electrons. The number of hydrogen-bond donors (Lipinski definition) is 0. The molecule has 0 amide bonds. The van der Waals surface area contributed by atoms with Crippen LogP contribution in [0.1, 0.15) is 68.0 Å². The third-order valence-corrected chi connectivity index (χ3v) is 11.6. The van der Waals surface area contributed by atoms with Crippen LogP contribution in [0.4, 0.5) is 0 Å². The summed E-state index contributed by atoms with van der Waals surface area (Å²) in [7, 11) is -2.70. The molecule has 30 heavy (non-hydrogen) atoms. The van der Waals surface area contributed by atoms with E-state index in [2.05, 4.69) is 100 Å². The Hall–Kier alpha value is -1.42. The molecule has 2 nitrogen and oxygen atoms in total. The fourth-order valence-corrected chi connectivity index (χ4v) is 11.4. The maximum atomic E-state index is 7.28. The number of ether oxygens (including phenoxy) is 1. The number of hydrogen-bond acceptors (Lipinski definition) is 2. The van der Waals surface area contributed by atoms with E-state index in [4.69, 9.17) is 9.16 Å². The van der Waals surface area contributed by atoms with Crippen LogP contribution in [0.15, 0.2) is 24.3 Å². The molecule has 0 N–H and O–H groups in total. The van der Waals surface area contributed by atoms with Gasteiger partial charge in [-0.2, -0.15) is 0 Å². The van der Waals surface area contributed by atoms with E-state index >= 15 is 0 Å². The summed E-state index contributed by atoms with van der Waals surface area (Å²) in [6.45, 7) is 24.7. The highest BCUT2D eigenvalue weighted by molar-refractivity contribution is 6.99. The van der Waals surface area contributed by atoms with E-state index in [1.165, 1.54) is 43.8 Å². The molecular weight excluding hydrogens is 384 g/mol. The van der Waals surface area contributed by atoms with E-state index in [9.17, 15) is 0 Å². The van der Waals surface area contributed by atoms with E-state index in [0.29, 0.717) is 5.92 Å². The average Bonchev–Trinajstić information content (AvgIpc) is 2.94. The molecule has 3 heteroatoms. The Balaban J connectivity index is 2.45. The van der Waals surface area contributed by atoms with Crippen LogP contribution in [0.2, 0.25) is 0 Å². The third kappa shape index (κ3) is 3.81. The highest BCUT2D eigenvalue weighted by atomic mass is 28.4. The van der Waals surface area contributed by atoms with Crippen molar-refractivity contribution in [2.24, 2.45) is 11.3 Å². The molecule has 1 aliphatic rings. The van der Waals surface area contributed by atoms with Crippen molar-refractivity contribution >= 4 is 18.7 Å². The summed E-state index contributed by atoms with van der Waals surface area (Å²) in [6, 6.07) is 9.28. The van der Waals surface area contributed by atoms with Crippen molar-refractivity contribution in [1.82, 2.24) is 0 Å². The zero-order valence-electron chi connectivity index (χ0n) is 20.9. The molecule has 3 rings (SSSR count). The van der Waals surface area contributed by atoms with Gasteiger partial charge in [-0.15, -0.1) is 0 Å². The van der Waals surface area contributed by atoms with Crippen LogP contribution in [0, 0.1) is 52.9 Å². The van der Waals surface area contributed by atoms with Gasteiger partial charge in [0, 0.05) is 5.41 Å². The smallest absolute Gasteiger partial charge is 0.288 e. The minimum Gasteiger partial charge on any atom is -0.380 e. The molecule has 0 aliphatic carbocycles. The number of aryl methyl sites for hydroxylation is 6. The number of benzene rings is 2. The summed E-state index contributed by atoms with van der Waals surface area (Å²) in [4.78, 5) is 0. The monoisotopic (exact) mass is 424 g/mol. The summed E-state index contributed by atoms with van der Waals surface area (Å²) < 4.78 is 14.1. The zero-order chi connectivity index (χ0) is 22.6. The molecule has 0 radical (unpaired) electrons.